The van der Waals surface area contributed by atoms with Gasteiger partial charge in [0.1, 0.15) is 0 Å². The molecule has 3 nitrogen and oxygen atoms in total. The zero-order chi connectivity index (χ0) is 9.52. The zero-order valence-corrected chi connectivity index (χ0v) is 6.96. The van der Waals surface area contributed by atoms with Crippen molar-refractivity contribution >= 4 is 0 Å². The first-order valence-corrected chi connectivity index (χ1v) is 3.82. The van der Waals surface area contributed by atoms with E-state index in [0.29, 0.717) is 0 Å². The van der Waals surface area contributed by atoms with E-state index in [-0.39, 0.29) is 0 Å². The van der Waals surface area contributed by atoms with E-state index in [0.717, 1.165) is 11.8 Å². The van der Waals surface area contributed by atoms with Gasteiger partial charge in [-0.3, -0.25) is 10.1 Å². The summed E-state index contributed by atoms with van der Waals surface area (Å²) in [7, 11) is 0. The normalized spacial score (nSPS) is 14.9. The molecule has 1 aliphatic carbocycles. The molecule has 0 unspecified atom stereocenters. The summed E-state index contributed by atoms with van der Waals surface area (Å²) in [5, 5.41) is 9.95. The topological polar surface area (TPSA) is 43.1 Å². The van der Waals surface area contributed by atoms with Crippen LogP contribution in [0.25, 0.3) is 0 Å². The van der Waals surface area contributed by atoms with Crippen molar-refractivity contribution in [3.63, 3.8) is 0 Å². The lowest BCUT2D eigenvalue weighted by Gasteiger charge is -1.86. The third kappa shape index (κ3) is 3.86. The number of allylic oxidation sites excluding steroid dienone is 9. The minimum atomic E-state index is -0.487. The third-order valence-electron chi connectivity index (χ3n) is 1.41. The van der Waals surface area contributed by atoms with E-state index in [2.05, 4.69) is 0 Å². The van der Waals surface area contributed by atoms with Crippen LogP contribution in [-0.4, -0.2) is 4.92 Å². The van der Waals surface area contributed by atoms with Gasteiger partial charge in [0.15, 0.2) is 0 Å². The molecule has 13 heavy (non-hydrogen) atoms. The van der Waals surface area contributed by atoms with Crippen LogP contribution in [-0.2, 0) is 0 Å². The lowest BCUT2D eigenvalue weighted by atomic mass is 10.2. The Balaban J connectivity index is 2.66. The van der Waals surface area contributed by atoms with Crippen molar-refractivity contribution in [2.45, 2.75) is 0 Å². The van der Waals surface area contributed by atoms with Crippen LogP contribution in [0.2, 0.25) is 0 Å². The summed E-state index contributed by atoms with van der Waals surface area (Å²) >= 11 is 0. The molecule has 0 aromatic rings. The van der Waals surface area contributed by atoms with Gasteiger partial charge in [-0.05, 0) is 11.6 Å². The number of rotatable bonds is 2. The summed E-state index contributed by atoms with van der Waals surface area (Å²) < 4.78 is 0. The first-order chi connectivity index (χ1) is 6.29. The third-order valence-corrected chi connectivity index (χ3v) is 1.41. The Morgan fingerprint density at radius 1 is 1.15 bits per heavy atom. The fourth-order valence-electron chi connectivity index (χ4n) is 0.853. The number of hydrogen-bond acceptors (Lipinski definition) is 2. The van der Waals surface area contributed by atoms with Crippen molar-refractivity contribution in [2.24, 2.45) is 0 Å². The molecule has 3 heteroatoms. The molecule has 66 valence electrons. The second-order valence-corrected chi connectivity index (χ2v) is 2.40. The average molecular weight is 175 g/mol. The molecule has 0 aromatic carbocycles. The van der Waals surface area contributed by atoms with E-state index in [4.69, 9.17) is 0 Å². The van der Waals surface area contributed by atoms with Crippen LogP contribution in [0.3, 0.4) is 0 Å². The van der Waals surface area contributed by atoms with Gasteiger partial charge < -0.3 is 0 Å². The number of nitrogens with zero attached hydrogens (tertiary/aromatic N) is 1. The van der Waals surface area contributed by atoms with Crippen molar-refractivity contribution in [2.75, 3.05) is 0 Å². The smallest absolute Gasteiger partial charge is 0.234 e. The minimum Gasteiger partial charge on any atom is -0.259 e. The molecule has 0 saturated heterocycles. The highest BCUT2D eigenvalue weighted by atomic mass is 16.6. The largest absolute Gasteiger partial charge is 0.259 e. The first kappa shape index (κ1) is 9.19. The highest BCUT2D eigenvalue weighted by Gasteiger charge is 1.86. The molecule has 0 aliphatic heterocycles. The summed E-state index contributed by atoms with van der Waals surface area (Å²) in [6, 6.07) is 0. The fraction of sp³-hybridized carbons (Fsp3) is 0. The molecule has 0 N–H and O–H groups in total. The van der Waals surface area contributed by atoms with Crippen molar-refractivity contribution in [1.29, 1.82) is 0 Å². The van der Waals surface area contributed by atoms with Gasteiger partial charge in [0, 0.05) is 6.08 Å². The number of nitro groups is 1. The summed E-state index contributed by atoms with van der Waals surface area (Å²) in [5.74, 6) is 0. The molecule has 0 saturated carbocycles. The summed E-state index contributed by atoms with van der Waals surface area (Å²) in [4.78, 5) is 9.46. The van der Waals surface area contributed by atoms with Crippen LogP contribution in [0, 0.1) is 10.1 Å². The van der Waals surface area contributed by atoms with Crippen LogP contribution in [0.15, 0.2) is 60.4 Å². The molecular formula is C10H9NO2. The molecular weight excluding hydrogens is 166 g/mol. The van der Waals surface area contributed by atoms with Gasteiger partial charge in [0.05, 0.1) is 4.92 Å². The van der Waals surface area contributed by atoms with Gasteiger partial charge in [-0.1, -0.05) is 36.5 Å². The van der Waals surface area contributed by atoms with E-state index in [1.165, 1.54) is 6.08 Å². The van der Waals surface area contributed by atoms with Gasteiger partial charge in [-0.15, -0.1) is 0 Å². The maximum Gasteiger partial charge on any atom is 0.234 e. The molecule has 0 atom stereocenters. The zero-order valence-electron chi connectivity index (χ0n) is 6.96. The average Bonchev–Trinajstić information content (AvgIpc) is 2.32. The highest BCUT2D eigenvalue weighted by molar-refractivity contribution is 5.39. The predicted molar refractivity (Wildman–Crippen MR) is 51.6 cm³/mol. The first-order valence-electron chi connectivity index (χ1n) is 3.82. The summed E-state index contributed by atoms with van der Waals surface area (Å²) in [6.45, 7) is 0. The van der Waals surface area contributed by atoms with Crippen molar-refractivity contribution in [1.82, 2.24) is 0 Å². The Bertz CT molecular complexity index is 315. The second-order valence-electron chi connectivity index (χ2n) is 2.40. The standard InChI is InChI=1S/C10H9NO2/c12-11(13)9-5-8-10-6-3-1-2-4-7-10/h1-9H/b9-5+. The van der Waals surface area contributed by atoms with Crippen LogP contribution < -0.4 is 0 Å². The maximum absolute atomic E-state index is 9.95. The fourth-order valence-corrected chi connectivity index (χ4v) is 0.853. The van der Waals surface area contributed by atoms with Crippen LogP contribution in [0.1, 0.15) is 0 Å². The van der Waals surface area contributed by atoms with Gasteiger partial charge in [0.2, 0.25) is 6.20 Å². The van der Waals surface area contributed by atoms with E-state index in [1.807, 2.05) is 36.5 Å². The Hall–Kier alpha value is -1.90. The monoisotopic (exact) mass is 175 g/mol. The summed E-state index contributed by atoms with van der Waals surface area (Å²) in [5.41, 5.74) is 0.933. The molecule has 0 spiro atoms. The lowest BCUT2D eigenvalue weighted by molar-refractivity contribution is -0.402. The summed E-state index contributed by atoms with van der Waals surface area (Å²) in [6.07, 6.45) is 15.3. The molecule has 1 rings (SSSR count). The Kier molecular flexibility index (Phi) is 3.45. The Labute approximate surface area is 76.2 Å². The van der Waals surface area contributed by atoms with E-state index in [1.54, 1.807) is 6.08 Å². The van der Waals surface area contributed by atoms with Gasteiger partial charge >= 0.3 is 0 Å². The van der Waals surface area contributed by atoms with E-state index in [9.17, 15) is 10.1 Å². The van der Waals surface area contributed by atoms with Gasteiger partial charge in [-0.25, -0.2) is 0 Å². The van der Waals surface area contributed by atoms with Crippen molar-refractivity contribution < 1.29 is 4.92 Å². The Morgan fingerprint density at radius 3 is 2.31 bits per heavy atom. The quantitative estimate of drug-likeness (QED) is 0.477. The molecule has 0 radical (unpaired) electrons. The lowest BCUT2D eigenvalue weighted by Crippen LogP contribution is -1.80. The SMILES string of the molecule is O=[N+]([O-])/C=C/C=C1C=CC=CC=C1. The molecule has 1 aliphatic rings. The van der Waals surface area contributed by atoms with Gasteiger partial charge in [0.25, 0.3) is 0 Å². The Morgan fingerprint density at radius 2 is 1.77 bits per heavy atom. The molecule has 0 bridgehead atoms. The second kappa shape index (κ2) is 4.87. The minimum absolute atomic E-state index is 0.487. The van der Waals surface area contributed by atoms with Crippen LogP contribution in [0.4, 0.5) is 0 Å². The van der Waals surface area contributed by atoms with Crippen LogP contribution >= 0.6 is 0 Å². The molecule has 0 fully saturated rings. The van der Waals surface area contributed by atoms with E-state index >= 15 is 0 Å². The van der Waals surface area contributed by atoms with Crippen molar-refractivity contribution in [3.05, 3.63) is 70.5 Å². The van der Waals surface area contributed by atoms with Crippen molar-refractivity contribution in [3.8, 4) is 0 Å². The predicted octanol–water partition coefficient (Wildman–Crippen LogP) is 2.39. The van der Waals surface area contributed by atoms with E-state index < -0.39 is 4.92 Å². The maximum atomic E-state index is 9.95. The number of hydrogen-bond donors (Lipinski definition) is 0. The highest BCUT2D eigenvalue weighted by Crippen LogP contribution is 2.03. The molecule has 0 amide bonds. The van der Waals surface area contributed by atoms with Crippen LogP contribution in [0.5, 0.6) is 0 Å². The molecule has 0 heterocycles. The molecule has 0 aromatic heterocycles. The van der Waals surface area contributed by atoms with Gasteiger partial charge in [-0.2, -0.15) is 0 Å².